The predicted octanol–water partition coefficient (Wildman–Crippen LogP) is 2.72. The van der Waals surface area contributed by atoms with Gasteiger partial charge in [0.25, 0.3) is 0 Å². The summed E-state index contributed by atoms with van der Waals surface area (Å²) in [5, 5.41) is 15.8. The van der Waals surface area contributed by atoms with E-state index >= 15 is 0 Å². The Labute approximate surface area is 216 Å². The summed E-state index contributed by atoms with van der Waals surface area (Å²) < 4.78 is 16.5. The van der Waals surface area contributed by atoms with Gasteiger partial charge in [0, 0.05) is 30.6 Å². The fourth-order valence-corrected chi connectivity index (χ4v) is 4.38. The van der Waals surface area contributed by atoms with Crippen LogP contribution in [0.5, 0.6) is 5.75 Å². The molecule has 2 heterocycles. The van der Waals surface area contributed by atoms with Crippen molar-refractivity contribution >= 4 is 30.4 Å². The van der Waals surface area contributed by atoms with Crippen LogP contribution in [0.2, 0.25) is 0 Å². The number of hydrogen-bond donors (Lipinski definition) is 2. The van der Waals surface area contributed by atoms with Crippen molar-refractivity contribution in [3.05, 3.63) is 64.7 Å². The lowest BCUT2D eigenvalue weighted by molar-refractivity contribution is -0.141. The van der Waals surface area contributed by atoms with Gasteiger partial charge in [-0.25, -0.2) is 0 Å². The number of ether oxygens (including phenoxy) is 3. The van der Waals surface area contributed by atoms with E-state index in [9.17, 15) is 14.7 Å². The van der Waals surface area contributed by atoms with Gasteiger partial charge >= 0.3 is 5.97 Å². The number of halogens is 1. The van der Waals surface area contributed by atoms with Crippen LogP contribution < -0.4 is 10.5 Å². The normalized spacial score (nSPS) is 21.4. The molecule has 194 valence electrons. The number of carboxylic acid groups (broad SMARTS) is 1. The summed E-state index contributed by atoms with van der Waals surface area (Å²) in [4.78, 5) is 24.6. The van der Waals surface area contributed by atoms with Crippen LogP contribution in [0.1, 0.15) is 39.9 Å². The summed E-state index contributed by atoms with van der Waals surface area (Å²) in [6.45, 7) is 3.23. The maximum atomic E-state index is 13.1. The van der Waals surface area contributed by atoms with Gasteiger partial charge in [-0.2, -0.15) is 5.10 Å². The number of rotatable bonds is 9. The van der Waals surface area contributed by atoms with Crippen molar-refractivity contribution < 1.29 is 28.9 Å². The van der Waals surface area contributed by atoms with E-state index in [-0.39, 0.29) is 24.6 Å². The van der Waals surface area contributed by atoms with Crippen LogP contribution in [-0.2, 0) is 20.7 Å². The molecule has 0 saturated carbocycles. The summed E-state index contributed by atoms with van der Waals surface area (Å²) in [5.41, 5.74) is 8.07. The van der Waals surface area contributed by atoms with Gasteiger partial charge in [0.2, 0.25) is 0 Å². The van der Waals surface area contributed by atoms with Crippen molar-refractivity contribution in [1.82, 2.24) is 5.01 Å². The van der Waals surface area contributed by atoms with Gasteiger partial charge in [-0.05, 0) is 35.7 Å². The highest BCUT2D eigenvalue weighted by Gasteiger charge is 2.42. The Bertz CT molecular complexity index is 1090. The second kappa shape index (κ2) is 12.3. The number of carbonyl (C=O) groups excluding carboxylic acids is 1. The molecule has 4 rings (SSSR count). The molecule has 2 aromatic rings. The van der Waals surface area contributed by atoms with Gasteiger partial charge in [0.15, 0.2) is 11.5 Å². The molecule has 2 aromatic carbocycles. The summed E-state index contributed by atoms with van der Waals surface area (Å²) in [5.74, 6) is -0.948. The molecule has 2 atom stereocenters. The number of morpholine rings is 1. The first kappa shape index (κ1) is 27.6. The van der Waals surface area contributed by atoms with E-state index in [1.54, 1.807) is 43.7 Å². The largest absolute Gasteiger partial charge is 0.481 e. The number of nitrogens with zero attached hydrogens (tertiary/aromatic N) is 2. The first-order chi connectivity index (χ1) is 16.9. The van der Waals surface area contributed by atoms with E-state index in [0.717, 1.165) is 24.2 Å². The van der Waals surface area contributed by atoms with Gasteiger partial charge in [0.05, 0.1) is 45.5 Å². The highest BCUT2D eigenvalue weighted by molar-refractivity contribution is 6.09. The molecule has 2 unspecified atom stereocenters. The molecule has 0 aliphatic carbocycles. The lowest BCUT2D eigenvalue weighted by Crippen LogP contribution is -2.56. The number of methoxy groups -OCH3 is 1. The van der Waals surface area contributed by atoms with Gasteiger partial charge in [-0.3, -0.25) is 20.3 Å². The molecule has 36 heavy (non-hydrogen) atoms. The van der Waals surface area contributed by atoms with E-state index < -0.39 is 17.6 Å². The molecule has 1 saturated heterocycles. The molecular formula is C26H32ClN3O6. The minimum atomic E-state index is -1.15. The van der Waals surface area contributed by atoms with Crippen LogP contribution in [0.25, 0.3) is 0 Å². The van der Waals surface area contributed by atoms with E-state index in [0.29, 0.717) is 49.5 Å². The lowest BCUT2D eigenvalue weighted by atomic mass is 9.81. The minimum Gasteiger partial charge on any atom is -0.481 e. The highest BCUT2D eigenvalue weighted by atomic mass is 35.5. The SMILES string of the molecule is COCCC1(N)Oc2ccc(C(=O)c3ccc(C=NN4CCOCC4)cc3)cc2CC1CC(=O)O.Cl. The minimum absolute atomic E-state index is 0. The second-order valence-electron chi connectivity index (χ2n) is 8.88. The van der Waals surface area contributed by atoms with Crippen LogP contribution in [0.15, 0.2) is 47.6 Å². The van der Waals surface area contributed by atoms with Crippen molar-refractivity contribution in [2.45, 2.75) is 25.0 Å². The molecule has 9 nitrogen and oxygen atoms in total. The number of ketones is 1. The van der Waals surface area contributed by atoms with Crippen LogP contribution >= 0.6 is 12.4 Å². The molecule has 1 fully saturated rings. The van der Waals surface area contributed by atoms with E-state index in [4.69, 9.17) is 19.9 Å². The molecule has 2 aliphatic heterocycles. The van der Waals surface area contributed by atoms with Gasteiger partial charge in [0.1, 0.15) is 5.75 Å². The summed E-state index contributed by atoms with van der Waals surface area (Å²) >= 11 is 0. The standard InChI is InChI=1S/C26H31N3O6.ClH/c1-33-11-8-26(27)22(16-24(30)31)15-21-14-20(6-7-23(21)35-26)25(32)19-4-2-18(3-5-19)17-28-29-9-12-34-13-10-29;/h2-7,14,17,22H,8-13,15-16,27H2,1H3,(H,30,31);1H. The molecule has 0 radical (unpaired) electrons. The summed E-state index contributed by atoms with van der Waals surface area (Å²) in [7, 11) is 1.56. The van der Waals surface area contributed by atoms with Crippen molar-refractivity contribution in [2.75, 3.05) is 40.0 Å². The average molecular weight is 518 g/mol. The maximum absolute atomic E-state index is 13.1. The number of hydrazone groups is 1. The molecule has 0 aromatic heterocycles. The number of benzene rings is 2. The zero-order chi connectivity index (χ0) is 24.8. The maximum Gasteiger partial charge on any atom is 0.303 e. The average Bonchev–Trinajstić information content (AvgIpc) is 2.87. The molecule has 3 N–H and O–H groups in total. The fourth-order valence-electron chi connectivity index (χ4n) is 4.38. The van der Waals surface area contributed by atoms with Crippen LogP contribution in [0, 0.1) is 5.92 Å². The number of fused-ring (bicyclic) bond motifs is 1. The summed E-state index contributed by atoms with van der Waals surface area (Å²) in [6.07, 6.45) is 2.41. The van der Waals surface area contributed by atoms with Gasteiger partial charge in [-0.1, -0.05) is 24.3 Å². The lowest BCUT2D eigenvalue weighted by Gasteiger charge is -2.41. The number of carboxylic acids is 1. The third-order valence-electron chi connectivity index (χ3n) is 6.43. The summed E-state index contributed by atoms with van der Waals surface area (Å²) in [6, 6.07) is 12.5. The number of aliphatic carboxylic acids is 1. The van der Waals surface area contributed by atoms with Crippen molar-refractivity contribution in [2.24, 2.45) is 16.8 Å². The number of carbonyl (C=O) groups is 2. The molecular weight excluding hydrogens is 486 g/mol. The Morgan fingerprint density at radius 2 is 1.89 bits per heavy atom. The fraction of sp³-hybridized carbons (Fsp3) is 0.423. The van der Waals surface area contributed by atoms with Crippen molar-refractivity contribution in [3.63, 3.8) is 0 Å². The van der Waals surface area contributed by atoms with Crippen LogP contribution in [-0.4, -0.2) is 73.8 Å². The van der Waals surface area contributed by atoms with Gasteiger partial charge in [-0.15, -0.1) is 12.4 Å². The Hall–Kier alpha value is -2.98. The topological polar surface area (TPSA) is 124 Å². The molecule has 10 heteroatoms. The van der Waals surface area contributed by atoms with Gasteiger partial charge < -0.3 is 19.3 Å². The van der Waals surface area contributed by atoms with Crippen LogP contribution in [0.3, 0.4) is 0 Å². The highest BCUT2D eigenvalue weighted by Crippen LogP contribution is 2.38. The molecule has 0 spiro atoms. The number of nitrogens with two attached hydrogens (primary N) is 1. The Kier molecular flexibility index (Phi) is 9.44. The van der Waals surface area contributed by atoms with E-state index in [1.165, 1.54) is 0 Å². The first-order valence-corrected chi connectivity index (χ1v) is 11.7. The quantitative estimate of drug-likeness (QED) is 0.384. The number of hydrogen-bond acceptors (Lipinski definition) is 8. The molecule has 2 aliphatic rings. The first-order valence-electron chi connectivity index (χ1n) is 11.7. The Morgan fingerprint density at radius 1 is 1.19 bits per heavy atom. The second-order valence-corrected chi connectivity index (χ2v) is 8.88. The molecule has 0 amide bonds. The van der Waals surface area contributed by atoms with Crippen molar-refractivity contribution in [3.8, 4) is 5.75 Å². The Balaban J connectivity index is 0.00000361. The van der Waals surface area contributed by atoms with E-state index in [2.05, 4.69) is 5.10 Å². The van der Waals surface area contributed by atoms with Crippen molar-refractivity contribution in [1.29, 1.82) is 0 Å². The third-order valence-corrected chi connectivity index (χ3v) is 6.43. The zero-order valence-corrected chi connectivity index (χ0v) is 21.0. The monoisotopic (exact) mass is 517 g/mol. The van der Waals surface area contributed by atoms with E-state index in [1.807, 2.05) is 17.1 Å². The van der Waals surface area contributed by atoms with Crippen LogP contribution in [0.4, 0.5) is 0 Å². The Morgan fingerprint density at radius 3 is 2.56 bits per heavy atom. The third kappa shape index (κ3) is 6.61. The molecule has 0 bridgehead atoms. The zero-order valence-electron chi connectivity index (χ0n) is 20.2. The smallest absolute Gasteiger partial charge is 0.303 e. The predicted molar refractivity (Wildman–Crippen MR) is 137 cm³/mol.